The van der Waals surface area contributed by atoms with Crippen LogP contribution in [0.2, 0.25) is 0 Å². The lowest BCUT2D eigenvalue weighted by Crippen LogP contribution is -2.35. The maximum atomic E-state index is 11.9. The average Bonchev–Trinajstić information content (AvgIpc) is 2.84. The molecular formula is C13H22ClNO. The first-order chi connectivity index (χ1) is 7.66. The smallest absolute Gasteiger partial charge is 0.223 e. The van der Waals surface area contributed by atoms with Crippen LogP contribution < -0.4 is 5.32 Å². The van der Waals surface area contributed by atoms with Crippen molar-refractivity contribution in [3.8, 4) is 0 Å². The van der Waals surface area contributed by atoms with Crippen LogP contribution in [0.15, 0.2) is 0 Å². The second-order valence-electron chi connectivity index (χ2n) is 5.54. The van der Waals surface area contributed by atoms with Crippen LogP contribution in [0.25, 0.3) is 0 Å². The van der Waals surface area contributed by atoms with Gasteiger partial charge in [0.2, 0.25) is 5.91 Å². The molecule has 0 aromatic carbocycles. The number of carbonyl (C=O) groups excluding carboxylic acids is 1. The molecule has 0 radical (unpaired) electrons. The zero-order valence-electron chi connectivity index (χ0n) is 10.0. The lowest BCUT2D eigenvalue weighted by molar-refractivity contribution is -0.126. The monoisotopic (exact) mass is 243 g/mol. The predicted molar refractivity (Wildman–Crippen MR) is 66.5 cm³/mol. The van der Waals surface area contributed by atoms with E-state index >= 15 is 0 Å². The molecule has 0 aliphatic heterocycles. The van der Waals surface area contributed by atoms with Gasteiger partial charge in [-0.3, -0.25) is 4.79 Å². The minimum absolute atomic E-state index is 0.271. The van der Waals surface area contributed by atoms with Crippen molar-refractivity contribution in [2.24, 2.45) is 17.8 Å². The first-order valence-electron chi connectivity index (χ1n) is 6.58. The molecule has 2 saturated carbocycles. The van der Waals surface area contributed by atoms with E-state index in [-0.39, 0.29) is 11.8 Å². The SMILES string of the molecule is CC1CCCC1C(=O)NCC1CCC(Cl)C1. The zero-order valence-corrected chi connectivity index (χ0v) is 10.8. The molecule has 0 bridgehead atoms. The lowest BCUT2D eigenvalue weighted by Gasteiger charge is -2.17. The van der Waals surface area contributed by atoms with E-state index in [1.54, 1.807) is 0 Å². The Morgan fingerprint density at radius 2 is 2.12 bits per heavy atom. The highest BCUT2D eigenvalue weighted by Gasteiger charge is 2.30. The quantitative estimate of drug-likeness (QED) is 0.759. The summed E-state index contributed by atoms with van der Waals surface area (Å²) >= 11 is 6.06. The van der Waals surface area contributed by atoms with Gasteiger partial charge in [0.15, 0.2) is 0 Å². The first kappa shape index (κ1) is 12.2. The summed E-state index contributed by atoms with van der Waals surface area (Å²) in [6.45, 7) is 3.03. The van der Waals surface area contributed by atoms with Gasteiger partial charge in [-0.05, 0) is 43.9 Å². The van der Waals surface area contributed by atoms with Crippen LogP contribution >= 0.6 is 11.6 Å². The molecule has 1 N–H and O–H groups in total. The van der Waals surface area contributed by atoms with Crippen LogP contribution in [0.1, 0.15) is 45.4 Å². The Balaban J connectivity index is 1.71. The van der Waals surface area contributed by atoms with Gasteiger partial charge in [0.1, 0.15) is 0 Å². The Morgan fingerprint density at radius 1 is 1.31 bits per heavy atom. The molecule has 0 aromatic heterocycles. The van der Waals surface area contributed by atoms with E-state index in [1.807, 2.05) is 0 Å². The van der Waals surface area contributed by atoms with Crippen LogP contribution in [0.3, 0.4) is 0 Å². The first-order valence-corrected chi connectivity index (χ1v) is 7.02. The van der Waals surface area contributed by atoms with Gasteiger partial charge in [-0.15, -0.1) is 11.6 Å². The Morgan fingerprint density at radius 3 is 2.69 bits per heavy atom. The van der Waals surface area contributed by atoms with Crippen LogP contribution in [0.4, 0.5) is 0 Å². The normalized spacial score (nSPS) is 38.9. The van der Waals surface area contributed by atoms with Crippen molar-refractivity contribution in [1.82, 2.24) is 5.32 Å². The fourth-order valence-electron chi connectivity index (χ4n) is 3.11. The van der Waals surface area contributed by atoms with Crippen molar-refractivity contribution >= 4 is 17.5 Å². The van der Waals surface area contributed by atoms with E-state index in [0.717, 1.165) is 25.8 Å². The maximum absolute atomic E-state index is 11.9. The van der Waals surface area contributed by atoms with Gasteiger partial charge in [-0.1, -0.05) is 13.3 Å². The van der Waals surface area contributed by atoms with Crippen LogP contribution in [-0.4, -0.2) is 17.8 Å². The molecule has 0 aromatic rings. The molecule has 3 heteroatoms. The molecule has 1 amide bonds. The minimum Gasteiger partial charge on any atom is -0.356 e. The Hall–Kier alpha value is -0.240. The summed E-state index contributed by atoms with van der Waals surface area (Å²) in [4.78, 5) is 11.9. The summed E-state index contributed by atoms with van der Waals surface area (Å²) in [6, 6.07) is 0. The second kappa shape index (κ2) is 5.39. The molecule has 4 unspecified atom stereocenters. The molecule has 0 spiro atoms. The molecule has 2 rings (SSSR count). The number of hydrogen-bond donors (Lipinski definition) is 1. The van der Waals surface area contributed by atoms with Crippen molar-refractivity contribution in [3.05, 3.63) is 0 Å². The molecule has 0 saturated heterocycles. The fraction of sp³-hybridized carbons (Fsp3) is 0.923. The van der Waals surface area contributed by atoms with E-state index < -0.39 is 0 Å². The Labute approximate surface area is 103 Å². The second-order valence-corrected chi connectivity index (χ2v) is 6.15. The Bertz CT molecular complexity index is 256. The van der Waals surface area contributed by atoms with Gasteiger partial charge in [0.05, 0.1) is 0 Å². The highest BCUT2D eigenvalue weighted by atomic mass is 35.5. The molecule has 16 heavy (non-hydrogen) atoms. The fourth-order valence-corrected chi connectivity index (χ4v) is 3.49. The van der Waals surface area contributed by atoms with Gasteiger partial charge in [-0.25, -0.2) is 0 Å². The van der Waals surface area contributed by atoms with Crippen LogP contribution in [0.5, 0.6) is 0 Å². The molecular weight excluding hydrogens is 222 g/mol. The number of amides is 1. The molecule has 4 atom stereocenters. The molecule has 2 aliphatic carbocycles. The molecule has 2 nitrogen and oxygen atoms in total. The predicted octanol–water partition coefficient (Wildman–Crippen LogP) is 2.95. The zero-order chi connectivity index (χ0) is 11.5. The number of rotatable bonds is 3. The summed E-state index contributed by atoms with van der Waals surface area (Å²) in [5, 5.41) is 3.46. The summed E-state index contributed by atoms with van der Waals surface area (Å²) in [7, 11) is 0. The highest BCUT2D eigenvalue weighted by Crippen LogP contribution is 2.32. The summed E-state index contributed by atoms with van der Waals surface area (Å²) in [5.41, 5.74) is 0. The standard InChI is InChI=1S/C13H22ClNO/c1-9-3-2-4-12(9)13(16)15-8-10-5-6-11(14)7-10/h9-12H,2-8H2,1H3,(H,15,16). The van der Waals surface area contributed by atoms with Gasteiger partial charge in [-0.2, -0.15) is 0 Å². The Kier molecular flexibility index (Phi) is 4.12. The molecule has 0 heterocycles. The number of halogens is 1. The van der Waals surface area contributed by atoms with Crippen molar-refractivity contribution in [2.75, 3.05) is 6.54 Å². The average molecular weight is 244 g/mol. The van der Waals surface area contributed by atoms with Crippen LogP contribution in [0, 0.1) is 17.8 Å². The number of nitrogens with one attached hydrogen (secondary N) is 1. The van der Waals surface area contributed by atoms with Crippen molar-refractivity contribution in [1.29, 1.82) is 0 Å². The molecule has 2 aliphatic rings. The largest absolute Gasteiger partial charge is 0.356 e. The van der Waals surface area contributed by atoms with Crippen molar-refractivity contribution < 1.29 is 4.79 Å². The van der Waals surface area contributed by atoms with Crippen molar-refractivity contribution in [2.45, 2.75) is 50.8 Å². The highest BCUT2D eigenvalue weighted by molar-refractivity contribution is 6.20. The van der Waals surface area contributed by atoms with Gasteiger partial charge < -0.3 is 5.32 Å². The van der Waals surface area contributed by atoms with Gasteiger partial charge in [0, 0.05) is 17.8 Å². The maximum Gasteiger partial charge on any atom is 0.223 e. The summed E-state index contributed by atoms with van der Waals surface area (Å²) in [5.74, 6) is 1.74. The number of alkyl halides is 1. The summed E-state index contributed by atoms with van der Waals surface area (Å²) in [6.07, 6.45) is 6.87. The lowest BCUT2D eigenvalue weighted by atomic mass is 9.97. The van der Waals surface area contributed by atoms with E-state index in [9.17, 15) is 4.79 Å². The van der Waals surface area contributed by atoms with E-state index in [4.69, 9.17) is 11.6 Å². The van der Waals surface area contributed by atoms with E-state index in [1.165, 1.54) is 19.3 Å². The third-order valence-corrected chi connectivity index (χ3v) is 4.64. The number of carbonyl (C=O) groups is 1. The third-order valence-electron chi connectivity index (χ3n) is 4.24. The van der Waals surface area contributed by atoms with Crippen LogP contribution in [-0.2, 0) is 4.79 Å². The van der Waals surface area contributed by atoms with Gasteiger partial charge >= 0.3 is 0 Å². The number of hydrogen-bond acceptors (Lipinski definition) is 1. The molecule has 92 valence electrons. The van der Waals surface area contributed by atoms with E-state index in [2.05, 4.69) is 12.2 Å². The third kappa shape index (κ3) is 2.91. The summed E-state index contributed by atoms with van der Waals surface area (Å²) < 4.78 is 0. The van der Waals surface area contributed by atoms with E-state index in [0.29, 0.717) is 17.2 Å². The van der Waals surface area contributed by atoms with Crippen molar-refractivity contribution in [3.63, 3.8) is 0 Å². The minimum atomic E-state index is 0.271. The molecule has 2 fully saturated rings. The topological polar surface area (TPSA) is 29.1 Å². The van der Waals surface area contributed by atoms with Gasteiger partial charge in [0.25, 0.3) is 0 Å².